The van der Waals surface area contributed by atoms with Crippen LogP contribution < -0.4 is 0 Å². The van der Waals surface area contributed by atoms with Gasteiger partial charge in [0.25, 0.3) is 0 Å². The minimum absolute atomic E-state index is 0.207. The third-order valence-electron chi connectivity index (χ3n) is 2.34. The zero-order valence-electron chi connectivity index (χ0n) is 11.4. The second-order valence-corrected chi connectivity index (χ2v) is 5.29. The van der Waals surface area contributed by atoms with Crippen LogP contribution >= 0.6 is 0 Å². The molecule has 0 fully saturated rings. The first-order valence-electron chi connectivity index (χ1n) is 5.97. The maximum absolute atomic E-state index is 11.7. The molecule has 0 aromatic heterocycles. The van der Waals surface area contributed by atoms with Gasteiger partial charge in [-0.3, -0.25) is 0 Å². The van der Waals surface area contributed by atoms with Gasteiger partial charge in [0.15, 0.2) is 0 Å². The van der Waals surface area contributed by atoms with Gasteiger partial charge in [0.1, 0.15) is 5.60 Å². The number of amides is 1. The summed E-state index contributed by atoms with van der Waals surface area (Å²) < 4.78 is 5.21. The van der Waals surface area contributed by atoms with Crippen molar-refractivity contribution in [3.63, 3.8) is 0 Å². The Morgan fingerprint density at radius 3 is 2.39 bits per heavy atom. The molecule has 1 unspecified atom stereocenters. The van der Waals surface area contributed by atoms with Crippen LogP contribution in [0.5, 0.6) is 0 Å². The zero-order valence-corrected chi connectivity index (χ0v) is 11.4. The lowest BCUT2D eigenvalue weighted by molar-refractivity contribution is 0.0205. The largest absolute Gasteiger partial charge is 0.444 e. The maximum atomic E-state index is 11.7. The Labute approximate surface area is 108 Å². The van der Waals surface area contributed by atoms with Crippen molar-refractivity contribution in [2.24, 2.45) is 0 Å². The van der Waals surface area contributed by atoms with Crippen LogP contribution in [-0.4, -0.2) is 35.3 Å². The first-order chi connectivity index (χ1) is 8.29. The molecule has 1 aromatic carbocycles. The number of aliphatic hydroxyl groups excluding tert-OH is 1. The van der Waals surface area contributed by atoms with Crippen molar-refractivity contribution >= 4 is 6.09 Å². The fraction of sp³-hybridized carbons (Fsp3) is 0.500. The molecule has 0 aliphatic heterocycles. The van der Waals surface area contributed by atoms with E-state index < -0.39 is 17.8 Å². The molecule has 1 aromatic rings. The van der Waals surface area contributed by atoms with E-state index in [9.17, 15) is 9.90 Å². The molecule has 100 valence electrons. The number of rotatable bonds is 3. The average Bonchev–Trinajstić information content (AvgIpc) is 2.27. The highest BCUT2D eigenvalue weighted by Crippen LogP contribution is 2.15. The summed E-state index contributed by atoms with van der Waals surface area (Å²) in [5, 5.41) is 9.99. The minimum atomic E-state index is -0.705. The number of hydrogen-bond acceptors (Lipinski definition) is 3. The summed E-state index contributed by atoms with van der Waals surface area (Å²) in [5.74, 6) is 0. The van der Waals surface area contributed by atoms with E-state index in [0.717, 1.165) is 5.56 Å². The van der Waals surface area contributed by atoms with Crippen LogP contribution in [0.4, 0.5) is 4.79 Å². The van der Waals surface area contributed by atoms with E-state index >= 15 is 0 Å². The van der Waals surface area contributed by atoms with Crippen LogP contribution in [0.15, 0.2) is 30.3 Å². The third kappa shape index (κ3) is 4.75. The second-order valence-electron chi connectivity index (χ2n) is 5.29. The Balaban J connectivity index is 2.55. The molecule has 1 N–H and O–H groups in total. The highest BCUT2D eigenvalue weighted by molar-refractivity contribution is 5.67. The number of carbonyl (C=O) groups is 1. The summed E-state index contributed by atoms with van der Waals surface area (Å²) >= 11 is 0. The summed E-state index contributed by atoms with van der Waals surface area (Å²) in [6, 6.07) is 9.24. The monoisotopic (exact) mass is 251 g/mol. The van der Waals surface area contributed by atoms with Crippen molar-refractivity contribution in [3.8, 4) is 0 Å². The van der Waals surface area contributed by atoms with Crippen molar-refractivity contribution in [3.05, 3.63) is 35.9 Å². The molecular formula is C14H21NO3. The number of likely N-dealkylation sites (N-methyl/N-ethyl adjacent to an activating group) is 1. The molecule has 0 spiro atoms. The number of carbonyl (C=O) groups excluding carboxylic acids is 1. The molecule has 0 saturated carbocycles. The third-order valence-corrected chi connectivity index (χ3v) is 2.34. The Kier molecular flexibility index (Phi) is 4.73. The first kappa shape index (κ1) is 14.5. The van der Waals surface area contributed by atoms with Gasteiger partial charge in [-0.15, -0.1) is 0 Å². The molecule has 0 bridgehead atoms. The van der Waals surface area contributed by atoms with E-state index in [1.807, 2.05) is 51.1 Å². The molecule has 1 rings (SSSR count). The van der Waals surface area contributed by atoms with Crippen LogP contribution in [0, 0.1) is 0 Å². The molecule has 0 heterocycles. The summed E-state index contributed by atoms with van der Waals surface area (Å²) in [7, 11) is 1.61. The minimum Gasteiger partial charge on any atom is -0.444 e. The second kappa shape index (κ2) is 5.87. The standard InChI is InChI=1S/C14H21NO3/c1-14(2,3)18-13(17)15(4)10-12(16)11-8-6-5-7-9-11/h5-9,12,16H,10H2,1-4H3. The van der Waals surface area contributed by atoms with Crippen LogP contribution in [-0.2, 0) is 4.74 Å². The topological polar surface area (TPSA) is 49.8 Å². The van der Waals surface area contributed by atoms with E-state index in [-0.39, 0.29) is 6.54 Å². The van der Waals surface area contributed by atoms with Crippen molar-refractivity contribution in [1.29, 1.82) is 0 Å². The lowest BCUT2D eigenvalue weighted by Gasteiger charge is -2.26. The summed E-state index contributed by atoms with van der Waals surface area (Å²) in [4.78, 5) is 13.1. The molecule has 0 aliphatic carbocycles. The Bertz CT molecular complexity index is 384. The predicted octanol–water partition coefficient (Wildman–Crippen LogP) is 2.59. The van der Waals surface area contributed by atoms with Crippen LogP contribution in [0.25, 0.3) is 0 Å². The smallest absolute Gasteiger partial charge is 0.410 e. The SMILES string of the molecule is CN(CC(O)c1ccccc1)C(=O)OC(C)(C)C. The van der Waals surface area contributed by atoms with Crippen LogP contribution in [0.3, 0.4) is 0 Å². The molecule has 1 amide bonds. The number of hydrogen-bond donors (Lipinski definition) is 1. The molecule has 1 atom stereocenters. The van der Waals surface area contributed by atoms with Gasteiger partial charge in [-0.1, -0.05) is 30.3 Å². The van der Waals surface area contributed by atoms with E-state index in [0.29, 0.717) is 0 Å². The van der Waals surface area contributed by atoms with Gasteiger partial charge < -0.3 is 14.7 Å². The van der Waals surface area contributed by atoms with Gasteiger partial charge in [-0.2, -0.15) is 0 Å². The van der Waals surface area contributed by atoms with E-state index in [1.165, 1.54) is 4.90 Å². The molecule has 18 heavy (non-hydrogen) atoms. The molecule has 0 radical (unpaired) electrons. The fourth-order valence-electron chi connectivity index (χ4n) is 1.45. The van der Waals surface area contributed by atoms with Gasteiger partial charge >= 0.3 is 6.09 Å². The van der Waals surface area contributed by atoms with Crippen molar-refractivity contribution in [2.45, 2.75) is 32.5 Å². The lowest BCUT2D eigenvalue weighted by Crippen LogP contribution is -2.36. The highest BCUT2D eigenvalue weighted by Gasteiger charge is 2.21. The highest BCUT2D eigenvalue weighted by atomic mass is 16.6. The Morgan fingerprint density at radius 2 is 1.89 bits per heavy atom. The summed E-state index contributed by atoms with van der Waals surface area (Å²) in [5.41, 5.74) is 0.260. The van der Waals surface area contributed by atoms with E-state index in [1.54, 1.807) is 7.05 Å². The van der Waals surface area contributed by atoms with E-state index in [2.05, 4.69) is 0 Å². The molecule has 4 heteroatoms. The average molecular weight is 251 g/mol. The maximum Gasteiger partial charge on any atom is 0.410 e. The Morgan fingerprint density at radius 1 is 1.33 bits per heavy atom. The molecular weight excluding hydrogens is 230 g/mol. The predicted molar refractivity (Wildman–Crippen MR) is 70.3 cm³/mol. The first-order valence-corrected chi connectivity index (χ1v) is 5.97. The number of aliphatic hydroxyl groups is 1. The van der Waals surface area contributed by atoms with Gasteiger partial charge in [-0.25, -0.2) is 4.79 Å². The van der Waals surface area contributed by atoms with Gasteiger partial charge in [-0.05, 0) is 26.3 Å². The van der Waals surface area contributed by atoms with Crippen LogP contribution in [0.1, 0.15) is 32.4 Å². The van der Waals surface area contributed by atoms with Gasteiger partial charge in [0, 0.05) is 7.05 Å². The number of benzene rings is 1. The Hall–Kier alpha value is -1.55. The fourth-order valence-corrected chi connectivity index (χ4v) is 1.45. The summed E-state index contributed by atoms with van der Waals surface area (Å²) in [6.07, 6.45) is -1.14. The number of nitrogens with zero attached hydrogens (tertiary/aromatic N) is 1. The molecule has 0 aliphatic rings. The van der Waals surface area contributed by atoms with Crippen molar-refractivity contribution < 1.29 is 14.6 Å². The quantitative estimate of drug-likeness (QED) is 0.898. The van der Waals surface area contributed by atoms with Crippen molar-refractivity contribution in [1.82, 2.24) is 4.90 Å². The summed E-state index contributed by atoms with van der Waals surface area (Å²) in [6.45, 7) is 5.64. The van der Waals surface area contributed by atoms with Gasteiger partial charge in [0.05, 0.1) is 12.6 Å². The van der Waals surface area contributed by atoms with Gasteiger partial charge in [0.2, 0.25) is 0 Å². The van der Waals surface area contributed by atoms with Crippen molar-refractivity contribution in [2.75, 3.05) is 13.6 Å². The van der Waals surface area contributed by atoms with Crippen LogP contribution in [0.2, 0.25) is 0 Å². The molecule has 0 saturated heterocycles. The van der Waals surface area contributed by atoms with E-state index in [4.69, 9.17) is 4.74 Å². The normalized spacial score (nSPS) is 12.9. The lowest BCUT2D eigenvalue weighted by atomic mass is 10.1. The molecule has 4 nitrogen and oxygen atoms in total. The number of ether oxygens (including phenoxy) is 1. The zero-order chi connectivity index (χ0) is 13.8.